The molecule has 1 saturated heterocycles. The van der Waals surface area contributed by atoms with E-state index >= 15 is 0 Å². The summed E-state index contributed by atoms with van der Waals surface area (Å²) in [6.07, 6.45) is 0. The Labute approximate surface area is 154 Å². The Morgan fingerprint density at radius 1 is 1.04 bits per heavy atom. The maximum atomic E-state index is 13.9. The van der Waals surface area contributed by atoms with Crippen molar-refractivity contribution >= 4 is 17.6 Å². The van der Waals surface area contributed by atoms with E-state index in [0.717, 1.165) is 18.2 Å². The van der Waals surface area contributed by atoms with Gasteiger partial charge in [0.05, 0.1) is 5.69 Å². The predicted molar refractivity (Wildman–Crippen MR) is 94.0 cm³/mol. The number of piperazine rings is 1. The highest BCUT2D eigenvalue weighted by atomic mass is 19.1. The second-order valence-electron chi connectivity index (χ2n) is 6.09. The topological polar surface area (TPSA) is 70.1 Å². The van der Waals surface area contributed by atoms with Crippen molar-refractivity contribution < 1.29 is 28.2 Å². The van der Waals surface area contributed by atoms with Gasteiger partial charge in [-0.1, -0.05) is 6.07 Å². The number of benzene rings is 2. The predicted octanol–water partition coefficient (Wildman–Crippen LogP) is 2.39. The molecule has 6 nitrogen and oxygen atoms in total. The minimum atomic E-state index is -1.10. The number of hydrogen-bond donors (Lipinski definition) is 1. The highest BCUT2D eigenvalue weighted by Crippen LogP contribution is 2.23. The fourth-order valence-electron chi connectivity index (χ4n) is 2.93. The van der Waals surface area contributed by atoms with Crippen LogP contribution in [0.15, 0.2) is 42.5 Å². The molecule has 0 unspecified atom stereocenters. The molecule has 0 atom stereocenters. The number of amides is 1. The summed E-state index contributed by atoms with van der Waals surface area (Å²) in [7, 11) is 0. The van der Waals surface area contributed by atoms with E-state index in [4.69, 9.17) is 9.84 Å². The van der Waals surface area contributed by atoms with E-state index < -0.39 is 24.2 Å². The SMILES string of the molecule is O=C(O)COc1cccc(C(=O)N2CCN(c3cc(F)ccc3F)CC2)c1. The molecular weight excluding hydrogens is 358 g/mol. The average molecular weight is 376 g/mol. The number of carboxylic acids is 1. The number of carboxylic acid groups (broad SMARTS) is 1. The number of anilines is 1. The van der Waals surface area contributed by atoms with Gasteiger partial charge in [-0.15, -0.1) is 0 Å². The van der Waals surface area contributed by atoms with Crippen LogP contribution in [0.2, 0.25) is 0 Å². The molecule has 1 aliphatic heterocycles. The van der Waals surface area contributed by atoms with Crippen molar-refractivity contribution in [1.29, 1.82) is 0 Å². The van der Waals surface area contributed by atoms with Gasteiger partial charge in [-0.25, -0.2) is 13.6 Å². The fraction of sp³-hybridized carbons (Fsp3) is 0.263. The van der Waals surface area contributed by atoms with E-state index in [-0.39, 0.29) is 11.6 Å². The summed E-state index contributed by atoms with van der Waals surface area (Å²) in [6.45, 7) is 0.974. The molecule has 1 amide bonds. The Bertz CT molecular complexity index is 851. The Morgan fingerprint density at radius 3 is 2.48 bits per heavy atom. The van der Waals surface area contributed by atoms with Gasteiger partial charge in [0.1, 0.15) is 17.4 Å². The van der Waals surface area contributed by atoms with E-state index in [1.165, 1.54) is 6.07 Å². The standard InChI is InChI=1S/C19H18F2N2O4/c20-14-4-5-16(21)17(11-14)22-6-8-23(9-7-22)19(26)13-2-1-3-15(10-13)27-12-18(24)25/h1-5,10-11H,6-9,12H2,(H,24,25). The highest BCUT2D eigenvalue weighted by Gasteiger charge is 2.24. The van der Waals surface area contributed by atoms with Gasteiger partial charge in [0, 0.05) is 37.8 Å². The zero-order valence-electron chi connectivity index (χ0n) is 14.4. The number of carbonyl (C=O) groups excluding carboxylic acids is 1. The summed E-state index contributed by atoms with van der Waals surface area (Å²) in [5, 5.41) is 8.66. The van der Waals surface area contributed by atoms with E-state index in [0.29, 0.717) is 37.5 Å². The first-order valence-electron chi connectivity index (χ1n) is 8.38. The van der Waals surface area contributed by atoms with E-state index in [1.807, 2.05) is 0 Å². The molecule has 2 aromatic rings. The van der Waals surface area contributed by atoms with Crippen LogP contribution in [0.3, 0.4) is 0 Å². The summed E-state index contributed by atoms with van der Waals surface area (Å²) in [5.41, 5.74) is 0.564. The van der Waals surface area contributed by atoms with Gasteiger partial charge in [-0.2, -0.15) is 0 Å². The van der Waals surface area contributed by atoms with E-state index in [9.17, 15) is 18.4 Å². The first-order valence-corrected chi connectivity index (χ1v) is 8.38. The molecule has 1 heterocycles. The molecule has 1 aliphatic rings. The third kappa shape index (κ3) is 4.52. The summed E-state index contributed by atoms with van der Waals surface area (Å²) >= 11 is 0. The minimum Gasteiger partial charge on any atom is -0.482 e. The highest BCUT2D eigenvalue weighted by molar-refractivity contribution is 5.94. The zero-order chi connectivity index (χ0) is 19.4. The molecule has 0 spiro atoms. The Hall–Kier alpha value is -3.16. The van der Waals surface area contributed by atoms with E-state index in [2.05, 4.69) is 0 Å². The zero-order valence-corrected chi connectivity index (χ0v) is 14.4. The molecule has 2 aromatic carbocycles. The van der Waals surface area contributed by atoms with Gasteiger partial charge in [0.15, 0.2) is 6.61 Å². The molecule has 0 bridgehead atoms. The van der Waals surface area contributed by atoms with Gasteiger partial charge < -0.3 is 19.6 Å². The quantitative estimate of drug-likeness (QED) is 0.868. The van der Waals surface area contributed by atoms with Gasteiger partial charge in [-0.05, 0) is 30.3 Å². The summed E-state index contributed by atoms with van der Waals surface area (Å²) in [4.78, 5) is 26.6. The van der Waals surface area contributed by atoms with Crippen molar-refractivity contribution in [3.05, 3.63) is 59.7 Å². The number of carbonyl (C=O) groups is 2. The smallest absolute Gasteiger partial charge is 0.341 e. The van der Waals surface area contributed by atoms with Crippen LogP contribution < -0.4 is 9.64 Å². The monoisotopic (exact) mass is 376 g/mol. The maximum absolute atomic E-state index is 13.9. The lowest BCUT2D eigenvalue weighted by atomic mass is 10.1. The first-order chi connectivity index (χ1) is 12.9. The molecule has 27 heavy (non-hydrogen) atoms. The largest absolute Gasteiger partial charge is 0.482 e. The molecule has 1 N–H and O–H groups in total. The van der Waals surface area contributed by atoms with Gasteiger partial charge in [-0.3, -0.25) is 4.79 Å². The number of aliphatic carboxylic acids is 1. The van der Waals surface area contributed by atoms with Crippen LogP contribution in [-0.4, -0.2) is 54.7 Å². The maximum Gasteiger partial charge on any atom is 0.341 e. The number of nitrogens with zero attached hydrogens (tertiary/aromatic N) is 2. The third-order valence-corrected chi connectivity index (χ3v) is 4.26. The average Bonchev–Trinajstić information content (AvgIpc) is 2.68. The molecule has 142 valence electrons. The van der Waals surface area contributed by atoms with Crippen LogP contribution in [0.25, 0.3) is 0 Å². The molecular formula is C19H18F2N2O4. The van der Waals surface area contributed by atoms with Crippen LogP contribution in [-0.2, 0) is 4.79 Å². The van der Waals surface area contributed by atoms with Crippen molar-refractivity contribution in [1.82, 2.24) is 4.90 Å². The van der Waals surface area contributed by atoms with Crippen LogP contribution in [0.1, 0.15) is 10.4 Å². The second kappa shape index (κ2) is 8.03. The van der Waals surface area contributed by atoms with Gasteiger partial charge in [0.25, 0.3) is 5.91 Å². The van der Waals surface area contributed by atoms with Crippen molar-refractivity contribution in [2.24, 2.45) is 0 Å². The Morgan fingerprint density at radius 2 is 1.78 bits per heavy atom. The fourth-order valence-corrected chi connectivity index (χ4v) is 2.93. The Balaban J connectivity index is 1.64. The molecule has 3 rings (SSSR count). The molecule has 0 aromatic heterocycles. The van der Waals surface area contributed by atoms with Crippen LogP contribution in [0.5, 0.6) is 5.75 Å². The van der Waals surface area contributed by atoms with Crippen LogP contribution in [0.4, 0.5) is 14.5 Å². The number of halogens is 2. The number of ether oxygens (including phenoxy) is 1. The van der Waals surface area contributed by atoms with Crippen LogP contribution >= 0.6 is 0 Å². The van der Waals surface area contributed by atoms with Gasteiger partial charge in [0.2, 0.25) is 0 Å². The summed E-state index contributed by atoms with van der Waals surface area (Å²) < 4.78 is 32.4. The van der Waals surface area contributed by atoms with Crippen molar-refractivity contribution in [3.8, 4) is 5.75 Å². The third-order valence-electron chi connectivity index (χ3n) is 4.26. The van der Waals surface area contributed by atoms with Crippen molar-refractivity contribution in [2.75, 3.05) is 37.7 Å². The van der Waals surface area contributed by atoms with E-state index in [1.54, 1.807) is 28.0 Å². The number of rotatable bonds is 5. The second-order valence-corrected chi connectivity index (χ2v) is 6.09. The van der Waals surface area contributed by atoms with Crippen molar-refractivity contribution in [2.45, 2.75) is 0 Å². The normalized spacial score (nSPS) is 14.1. The molecule has 0 radical (unpaired) electrons. The van der Waals surface area contributed by atoms with Crippen molar-refractivity contribution in [3.63, 3.8) is 0 Å². The summed E-state index contributed by atoms with van der Waals surface area (Å²) in [6, 6.07) is 9.60. The molecule has 0 saturated carbocycles. The molecule has 0 aliphatic carbocycles. The lowest BCUT2D eigenvalue weighted by Crippen LogP contribution is -2.49. The van der Waals surface area contributed by atoms with Crippen LogP contribution in [0, 0.1) is 11.6 Å². The van der Waals surface area contributed by atoms with Gasteiger partial charge >= 0.3 is 5.97 Å². The lowest BCUT2D eigenvalue weighted by molar-refractivity contribution is -0.139. The molecule has 1 fully saturated rings. The molecule has 8 heteroatoms. The number of hydrogen-bond acceptors (Lipinski definition) is 4. The minimum absolute atomic E-state index is 0.186. The Kier molecular flexibility index (Phi) is 5.54. The first kappa shape index (κ1) is 18.6. The summed E-state index contributed by atoms with van der Waals surface area (Å²) in [5.74, 6) is -2.05. The lowest BCUT2D eigenvalue weighted by Gasteiger charge is -2.36.